The minimum absolute atomic E-state index is 0. The van der Waals surface area contributed by atoms with Crippen molar-refractivity contribution in [1.29, 1.82) is 0 Å². The fourth-order valence-corrected chi connectivity index (χ4v) is 1.71. The van der Waals surface area contributed by atoms with E-state index in [1.54, 1.807) is 0 Å². The molecule has 0 fully saturated rings. The molecule has 0 bridgehead atoms. The van der Waals surface area contributed by atoms with E-state index in [2.05, 4.69) is 0 Å². The Morgan fingerprint density at radius 3 is 0.800 bits per heavy atom. The summed E-state index contributed by atoms with van der Waals surface area (Å²) in [6.45, 7) is 0. The van der Waals surface area contributed by atoms with E-state index in [0.717, 1.165) is 0 Å². The predicted molar refractivity (Wildman–Crippen MR) is 81.8 cm³/mol. The molecule has 2 aromatic carbocycles. The predicted octanol–water partition coefficient (Wildman–Crippen LogP) is -0.717. The van der Waals surface area contributed by atoms with Gasteiger partial charge in [0, 0.05) is 0 Å². The number of rotatable bonds is 4. The standard InChI is InChI=1S/2C8H6O4.Na.H/c2*9-7(10)5-3-1-2-4-6(5)8(11)12;;/h2*1-4H,(H,9,10)(H,11,12);;/q;;+1;-1. The second-order valence-electron chi connectivity index (χ2n) is 4.31. The minimum Gasteiger partial charge on any atom is -1.00 e. The third-order valence-electron chi connectivity index (χ3n) is 2.78. The molecular formula is C16H13NaO8. The Morgan fingerprint density at radius 2 is 0.680 bits per heavy atom. The average Bonchev–Trinajstić information content (AvgIpc) is 2.55. The molecule has 0 saturated carbocycles. The van der Waals surface area contributed by atoms with Gasteiger partial charge in [-0.2, -0.15) is 0 Å². The first-order chi connectivity index (χ1) is 11.3. The number of carbonyl (C=O) groups is 4. The van der Waals surface area contributed by atoms with Crippen molar-refractivity contribution >= 4 is 23.9 Å². The van der Waals surface area contributed by atoms with E-state index < -0.39 is 23.9 Å². The maximum atomic E-state index is 10.5. The van der Waals surface area contributed by atoms with E-state index in [-0.39, 0.29) is 53.2 Å². The van der Waals surface area contributed by atoms with Gasteiger partial charge < -0.3 is 21.9 Å². The number of hydrogen-bond donors (Lipinski definition) is 4. The van der Waals surface area contributed by atoms with Gasteiger partial charge in [-0.3, -0.25) is 0 Å². The fraction of sp³-hybridized carbons (Fsp3) is 0. The van der Waals surface area contributed by atoms with Gasteiger partial charge in [0.2, 0.25) is 0 Å². The zero-order valence-electron chi connectivity index (χ0n) is 14.0. The zero-order valence-corrected chi connectivity index (χ0v) is 15.0. The average molecular weight is 356 g/mol. The Bertz CT molecular complexity index is 673. The molecule has 0 saturated heterocycles. The SMILES string of the molecule is O=C(O)c1ccccc1C(=O)O.O=C(O)c1ccccc1C(=O)O.[H-].[Na+]. The van der Waals surface area contributed by atoms with E-state index in [9.17, 15) is 19.2 Å². The van der Waals surface area contributed by atoms with Crippen LogP contribution in [0.15, 0.2) is 48.5 Å². The van der Waals surface area contributed by atoms with Crippen LogP contribution in [0.5, 0.6) is 0 Å². The summed E-state index contributed by atoms with van der Waals surface area (Å²) in [5, 5.41) is 34.2. The first kappa shape index (κ1) is 22.3. The second kappa shape index (κ2) is 10.2. The molecule has 0 heterocycles. The minimum atomic E-state index is -1.23. The third kappa shape index (κ3) is 6.38. The third-order valence-corrected chi connectivity index (χ3v) is 2.78. The van der Waals surface area contributed by atoms with Gasteiger partial charge in [-0.25, -0.2) is 19.2 Å². The van der Waals surface area contributed by atoms with Crippen molar-refractivity contribution < 1.29 is 70.6 Å². The summed E-state index contributed by atoms with van der Waals surface area (Å²) in [4.78, 5) is 41.9. The number of hydrogen-bond acceptors (Lipinski definition) is 4. The van der Waals surface area contributed by atoms with Crippen LogP contribution in [0.4, 0.5) is 0 Å². The number of aromatic carboxylic acids is 4. The van der Waals surface area contributed by atoms with Crippen molar-refractivity contribution in [2.45, 2.75) is 0 Å². The summed E-state index contributed by atoms with van der Waals surface area (Å²) in [7, 11) is 0. The molecule has 0 unspecified atom stereocenters. The summed E-state index contributed by atoms with van der Waals surface area (Å²) in [5.41, 5.74) is -0.759. The van der Waals surface area contributed by atoms with Gasteiger partial charge in [-0.1, -0.05) is 24.3 Å². The molecule has 0 aliphatic rings. The van der Waals surface area contributed by atoms with Crippen molar-refractivity contribution in [3.8, 4) is 0 Å². The topological polar surface area (TPSA) is 149 Å². The Morgan fingerprint density at radius 1 is 0.520 bits per heavy atom. The first-order valence-corrected chi connectivity index (χ1v) is 6.37. The molecule has 9 heteroatoms. The molecule has 25 heavy (non-hydrogen) atoms. The molecule has 2 aromatic rings. The van der Waals surface area contributed by atoms with Gasteiger partial charge in [0.15, 0.2) is 0 Å². The van der Waals surface area contributed by atoms with Gasteiger partial charge in [0.05, 0.1) is 22.3 Å². The maximum Gasteiger partial charge on any atom is 1.00 e. The van der Waals surface area contributed by atoms with E-state index in [4.69, 9.17) is 20.4 Å². The van der Waals surface area contributed by atoms with Crippen molar-refractivity contribution in [2.24, 2.45) is 0 Å². The van der Waals surface area contributed by atoms with Crippen LogP contribution in [0, 0.1) is 0 Å². The molecule has 0 amide bonds. The van der Waals surface area contributed by atoms with Crippen molar-refractivity contribution in [2.75, 3.05) is 0 Å². The van der Waals surface area contributed by atoms with Gasteiger partial charge >= 0.3 is 53.4 Å². The summed E-state index contributed by atoms with van der Waals surface area (Å²) < 4.78 is 0. The number of carboxylic acid groups (broad SMARTS) is 4. The summed E-state index contributed by atoms with van der Waals surface area (Å²) >= 11 is 0. The molecule has 0 spiro atoms. The van der Waals surface area contributed by atoms with Crippen molar-refractivity contribution in [1.82, 2.24) is 0 Å². The maximum absolute atomic E-state index is 10.5. The molecule has 4 N–H and O–H groups in total. The Hall–Kier alpha value is -2.68. The van der Waals surface area contributed by atoms with Gasteiger partial charge in [-0.05, 0) is 24.3 Å². The molecule has 2 rings (SSSR count). The summed E-state index contributed by atoms with van der Waals surface area (Å²) in [5.74, 6) is -4.91. The van der Waals surface area contributed by atoms with E-state index in [1.165, 1.54) is 48.5 Å². The quantitative estimate of drug-likeness (QED) is 0.525. The van der Waals surface area contributed by atoms with Crippen LogP contribution in [-0.2, 0) is 0 Å². The van der Waals surface area contributed by atoms with Crippen LogP contribution in [0.2, 0.25) is 0 Å². The first-order valence-electron chi connectivity index (χ1n) is 6.37. The number of carboxylic acids is 4. The Labute approximate surface area is 165 Å². The molecule has 0 aliphatic carbocycles. The molecule has 0 aliphatic heterocycles. The fourth-order valence-electron chi connectivity index (χ4n) is 1.71. The van der Waals surface area contributed by atoms with E-state index in [0.29, 0.717) is 0 Å². The van der Waals surface area contributed by atoms with E-state index in [1.807, 2.05) is 0 Å². The molecular weight excluding hydrogens is 343 g/mol. The van der Waals surface area contributed by atoms with E-state index >= 15 is 0 Å². The molecule has 0 aromatic heterocycles. The normalized spacial score (nSPS) is 8.96. The zero-order chi connectivity index (χ0) is 18.3. The van der Waals surface area contributed by atoms with Gasteiger partial charge in [0.1, 0.15) is 0 Å². The molecule has 8 nitrogen and oxygen atoms in total. The van der Waals surface area contributed by atoms with Crippen molar-refractivity contribution in [3.05, 3.63) is 70.8 Å². The number of benzene rings is 2. The molecule has 126 valence electrons. The molecule has 0 radical (unpaired) electrons. The molecule has 0 atom stereocenters. The largest absolute Gasteiger partial charge is 1.00 e. The summed E-state index contributed by atoms with van der Waals surface area (Å²) in [6, 6.07) is 11.0. The Balaban J connectivity index is 0. The summed E-state index contributed by atoms with van der Waals surface area (Å²) in [6.07, 6.45) is 0. The van der Waals surface area contributed by atoms with Crippen LogP contribution in [-0.4, -0.2) is 44.3 Å². The monoisotopic (exact) mass is 356 g/mol. The van der Waals surface area contributed by atoms with Crippen LogP contribution in [0.1, 0.15) is 42.9 Å². The van der Waals surface area contributed by atoms with Crippen molar-refractivity contribution in [3.63, 3.8) is 0 Å². The van der Waals surface area contributed by atoms with Crippen LogP contribution in [0.3, 0.4) is 0 Å². The second-order valence-corrected chi connectivity index (χ2v) is 4.31. The smallest absolute Gasteiger partial charge is 1.00 e. The van der Waals surface area contributed by atoms with Gasteiger partial charge in [-0.15, -0.1) is 0 Å². The Kier molecular flexibility index (Phi) is 9.14. The van der Waals surface area contributed by atoms with Crippen LogP contribution >= 0.6 is 0 Å². The van der Waals surface area contributed by atoms with Crippen LogP contribution < -0.4 is 29.6 Å². The van der Waals surface area contributed by atoms with Gasteiger partial charge in [0.25, 0.3) is 0 Å². The van der Waals surface area contributed by atoms with Crippen LogP contribution in [0.25, 0.3) is 0 Å².